The van der Waals surface area contributed by atoms with Gasteiger partial charge in [0.15, 0.2) is 11.5 Å². The molecule has 0 saturated carbocycles. The van der Waals surface area contributed by atoms with Crippen LogP contribution < -0.4 is 4.90 Å². The van der Waals surface area contributed by atoms with Gasteiger partial charge in [0.05, 0.1) is 0 Å². The zero-order chi connectivity index (χ0) is 19.2. The van der Waals surface area contributed by atoms with Crippen molar-refractivity contribution in [1.29, 1.82) is 0 Å². The number of aromatic nitrogens is 2. The molecule has 0 unspecified atom stereocenters. The van der Waals surface area contributed by atoms with Crippen molar-refractivity contribution < 1.29 is 4.79 Å². The number of carbonyl (C=O) groups is 1. The summed E-state index contributed by atoms with van der Waals surface area (Å²) in [6.07, 6.45) is 4.75. The van der Waals surface area contributed by atoms with E-state index in [9.17, 15) is 4.79 Å². The van der Waals surface area contributed by atoms with Crippen LogP contribution in [0.3, 0.4) is 0 Å². The minimum atomic E-state index is 0.000374. The molecule has 2 aliphatic rings. The van der Waals surface area contributed by atoms with Crippen LogP contribution in [0.2, 0.25) is 0 Å². The number of hydrogen-bond acceptors (Lipinski definition) is 5. The lowest BCUT2D eigenvalue weighted by Gasteiger charge is -2.34. The number of anilines is 1. The van der Waals surface area contributed by atoms with Gasteiger partial charge in [0.25, 0.3) is 5.91 Å². The Hall–Kier alpha value is -2.47. The van der Waals surface area contributed by atoms with Crippen molar-refractivity contribution in [2.75, 3.05) is 50.7 Å². The van der Waals surface area contributed by atoms with Crippen molar-refractivity contribution in [3.63, 3.8) is 0 Å². The van der Waals surface area contributed by atoms with Crippen molar-refractivity contribution in [2.45, 2.75) is 25.7 Å². The zero-order valence-electron chi connectivity index (χ0n) is 16.5. The van der Waals surface area contributed by atoms with Crippen molar-refractivity contribution in [1.82, 2.24) is 20.0 Å². The van der Waals surface area contributed by atoms with Crippen LogP contribution in [-0.2, 0) is 6.42 Å². The van der Waals surface area contributed by atoms with Gasteiger partial charge in [0.1, 0.15) is 0 Å². The molecule has 1 aromatic heterocycles. The number of benzene rings is 1. The standard InChI is InChI=1S/C22H29N5O/c28-22(20-9-10-21(24-23-20)26-12-5-2-6-13-26)27-17-15-25(16-18-27)14-11-19-7-3-1-4-8-19/h1,3-4,7-10H,2,5-6,11-18H2. The molecular formula is C22H29N5O. The summed E-state index contributed by atoms with van der Waals surface area (Å²) < 4.78 is 0. The molecule has 0 aliphatic carbocycles. The summed E-state index contributed by atoms with van der Waals surface area (Å²) >= 11 is 0. The SMILES string of the molecule is O=C(c1ccc(N2CCCCC2)nn1)N1CCN(CCc2ccccc2)CC1. The van der Waals surface area contributed by atoms with E-state index in [2.05, 4.69) is 50.3 Å². The molecule has 2 saturated heterocycles. The summed E-state index contributed by atoms with van der Waals surface area (Å²) in [5.41, 5.74) is 1.82. The molecule has 0 spiro atoms. The molecule has 148 valence electrons. The molecule has 2 fully saturated rings. The predicted molar refractivity (Wildman–Crippen MR) is 111 cm³/mol. The Morgan fingerprint density at radius 1 is 0.821 bits per heavy atom. The molecule has 0 radical (unpaired) electrons. The molecule has 2 aliphatic heterocycles. The molecule has 0 bridgehead atoms. The maximum atomic E-state index is 12.8. The lowest BCUT2D eigenvalue weighted by molar-refractivity contribution is 0.0631. The molecule has 3 heterocycles. The highest BCUT2D eigenvalue weighted by atomic mass is 16.2. The summed E-state index contributed by atoms with van der Waals surface area (Å²) in [6, 6.07) is 14.4. The highest BCUT2D eigenvalue weighted by Crippen LogP contribution is 2.17. The molecule has 6 nitrogen and oxygen atoms in total. The van der Waals surface area contributed by atoms with Gasteiger partial charge in [-0.2, -0.15) is 0 Å². The summed E-state index contributed by atoms with van der Waals surface area (Å²) in [6.45, 7) is 6.44. The Morgan fingerprint density at radius 3 is 2.25 bits per heavy atom. The second-order valence-corrected chi connectivity index (χ2v) is 7.69. The maximum Gasteiger partial charge on any atom is 0.274 e. The Kier molecular flexibility index (Phi) is 6.17. The van der Waals surface area contributed by atoms with Gasteiger partial charge in [-0.15, -0.1) is 10.2 Å². The molecule has 28 heavy (non-hydrogen) atoms. The molecular weight excluding hydrogens is 350 g/mol. The third kappa shape index (κ3) is 4.68. The van der Waals surface area contributed by atoms with Gasteiger partial charge in [0, 0.05) is 45.8 Å². The first kappa shape index (κ1) is 18.9. The van der Waals surface area contributed by atoms with Crippen molar-refractivity contribution in [3.05, 3.63) is 53.7 Å². The van der Waals surface area contributed by atoms with Gasteiger partial charge >= 0.3 is 0 Å². The van der Waals surface area contributed by atoms with Crippen LogP contribution in [0.25, 0.3) is 0 Å². The molecule has 0 atom stereocenters. The Bertz CT molecular complexity index is 750. The van der Waals surface area contributed by atoms with Crippen LogP contribution in [0.4, 0.5) is 5.82 Å². The predicted octanol–water partition coefficient (Wildman–Crippen LogP) is 2.47. The van der Waals surface area contributed by atoms with Gasteiger partial charge in [-0.25, -0.2) is 0 Å². The maximum absolute atomic E-state index is 12.8. The van der Waals surface area contributed by atoms with Gasteiger partial charge in [-0.3, -0.25) is 9.69 Å². The summed E-state index contributed by atoms with van der Waals surface area (Å²) in [5, 5.41) is 8.54. The Labute approximate surface area is 167 Å². The first-order valence-corrected chi connectivity index (χ1v) is 10.4. The van der Waals surface area contributed by atoms with E-state index in [4.69, 9.17) is 0 Å². The molecule has 2 aromatic rings. The number of piperazine rings is 1. The highest BCUT2D eigenvalue weighted by molar-refractivity contribution is 5.92. The largest absolute Gasteiger partial charge is 0.355 e. The first-order valence-electron chi connectivity index (χ1n) is 10.4. The molecule has 1 amide bonds. The number of amides is 1. The summed E-state index contributed by atoms with van der Waals surface area (Å²) in [5.74, 6) is 0.891. The summed E-state index contributed by atoms with van der Waals surface area (Å²) in [7, 11) is 0. The Morgan fingerprint density at radius 2 is 1.57 bits per heavy atom. The topological polar surface area (TPSA) is 52.6 Å². The third-order valence-electron chi connectivity index (χ3n) is 5.77. The van der Waals surface area contributed by atoms with Crippen molar-refractivity contribution in [2.24, 2.45) is 0 Å². The fraction of sp³-hybridized carbons (Fsp3) is 0.500. The van der Waals surface area contributed by atoms with Crippen LogP contribution in [0, 0.1) is 0 Å². The minimum absolute atomic E-state index is 0.000374. The van der Waals surface area contributed by atoms with Gasteiger partial charge in [0.2, 0.25) is 0 Å². The highest BCUT2D eigenvalue weighted by Gasteiger charge is 2.23. The van der Waals surface area contributed by atoms with Gasteiger partial charge in [-0.1, -0.05) is 30.3 Å². The molecule has 6 heteroatoms. The zero-order valence-corrected chi connectivity index (χ0v) is 16.5. The first-order chi connectivity index (χ1) is 13.8. The molecule has 1 aromatic carbocycles. The van der Waals surface area contributed by atoms with Crippen LogP contribution in [-0.4, -0.2) is 71.7 Å². The lowest BCUT2D eigenvalue weighted by Crippen LogP contribution is -2.49. The van der Waals surface area contributed by atoms with Crippen LogP contribution in [0.15, 0.2) is 42.5 Å². The average molecular weight is 380 g/mol. The van der Waals surface area contributed by atoms with Gasteiger partial charge < -0.3 is 9.80 Å². The van der Waals surface area contributed by atoms with Crippen LogP contribution in [0.5, 0.6) is 0 Å². The lowest BCUT2D eigenvalue weighted by atomic mass is 10.1. The smallest absolute Gasteiger partial charge is 0.274 e. The number of hydrogen-bond donors (Lipinski definition) is 0. The number of piperidine rings is 1. The minimum Gasteiger partial charge on any atom is -0.355 e. The van der Waals surface area contributed by atoms with E-state index in [0.717, 1.165) is 58.1 Å². The van der Waals surface area contributed by atoms with E-state index in [1.54, 1.807) is 0 Å². The number of nitrogens with zero attached hydrogens (tertiary/aromatic N) is 5. The van der Waals surface area contributed by atoms with E-state index in [-0.39, 0.29) is 5.91 Å². The number of carbonyl (C=O) groups excluding carboxylic acids is 1. The van der Waals surface area contributed by atoms with E-state index >= 15 is 0 Å². The second kappa shape index (κ2) is 9.15. The van der Waals surface area contributed by atoms with Crippen molar-refractivity contribution >= 4 is 11.7 Å². The third-order valence-corrected chi connectivity index (χ3v) is 5.77. The second-order valence-electron chi connectivity index (χ2n) is 7.69. The Balaban J connectivity index is 1.26. The van der Waals surface area contributed by atoms with E-state index in [0.29, 0.717) is 5.69 Å². The van der Waals surface area contributed by atoms with E-state index in [1.807, 2.05) is 17.0 Å². The van der Waals surface area contributed by atoms with Crippen LogP contribution >= 0.6 is 0 Å². The quantitative estimate of drug-likeness (QED) is 0.799. The fourth-order valence-corrected chi connectivity index (χ4v) is 4.00. The van der Waals surface area contributed by atoms with Gasteiger partial charge in [-0.05, 0) is 43.4 Å². The average Bonchev–Trinajstić information content (AvgIpc) is 2.79. The monoisotopic (exact) mass is 379 g/mol. The van der Waals surface area contributed by atoms with Crippen molar-refractivity contribution in [3.8, 4) is 0 Å². The number of rotatable bonds is 5. The van der Waals surface area contributed by atoms with Crippen LogP contribution in [0.1, 0.15) is 35.3 Å². The van der Waals surface area contributed by atoms with E-state index < -0.39 is 0 Å². The molecule has 4 rings (SSSR count). The normalized spacial score (nSPS) is 18.3. The fourth-order valence-electron chi connectivity index (χ4n) is 4.00. The molecule has 0 N–H and O–H groups in total. The summed E-state index contributed by atoms with van der Waals surface area (Å²) in [4.78, 5) is 19.4. The van der Waals surface area contributed by atoms with E-state index in [1.165, 1.54) is 24.8 Å².